The summed E-state index contributed by atoms with van der Waals surface area (Å²) in [6, 6.07) is 19.6. The molecule has 3 rings (SSSR count). The second kappa shape index (κ2) is 7.74. The van der Waals surface area contributed by atoms with Gasteiger partial charge in [0.1, 0.15) is 5.75 Å². The van der Waals surface area contributed by atoms with E-state index in [1.54, 1.807) is 7.11 Å². The molecular weight excluding hydrogens is 304 g/mol. The van der Waals surface area contributed by atoms with Crippen molar-refractivity contribution in [2.75, 3.05) is 7.11 Å². The molecule has 3 aromatic rings. The van der Waals surface area contributed by atoms with E-state index in [-0.39, 0.29) is 5.41 Å². The van der Waals surface area contributed by atoms with Crippen molar-refractivity contribution >= 4 is 10.8 Å². The molecule has 0 atom stereocenters. The number of hydrogen-bond donors (Lipinski definition) is 0. The van der Waals surface area contributed by atoms with Crippen molar-refractivity contribution in [3.63, 3.8) is 0 Å². The van der Waals surface area contributed by atoms with Crippen molar-refractivity contribution in [3.8, 4) is 16.9 Å². The normalized spacial score (nSPS) is 11.0. The van der Waals surface area contributed by atoms with Gasteiger partial charge in [-0.15, -0.1) is 0 Å². The SMILES string of the molecule is CC.COc1ccc(C(C)(C)C)cc1-c1cc2ccccc2cc1C. The molecule has 0 unspecified atom stereocenters. The summed E-state index contributed by atoms with van der Waals surface area (Å²) in [6.07, 6.45) is 0. The van der Waals surface area contributed by atoms with Crippen LogP contribution in [0.4, 0.5) is 0 Å². The van der Waals surface area contributed by atoms with Crippen molar-refractivity contribution in [2.24, 2.45) is 0 Å². The van der Waals surface area contributed by atoms with E-state index in [4.69, 9.17) is 4.74 Å². The maximum atomic E-state index is 5.63. The van der Waals surface area contributed by atoms with E-state index < -0.39 is 0 Å². The highest BCUT2D eigenvalue weighted by Crippen LogP contribution is 2.37. The molecule has 0 aliphatic carbocycles. The summed E-state index contributed by atoms with van der Waals surface area (Å²) in [5.74, 6) is 0.927. The van der Waals surface area contributed by atoms with Crippen molar-refractivity contribution in [1.29, 1.82) is 0 Å². The molecule has 0 amide bonds. The summed E-state index contributed by atoms with van der Waals surface area (Å²) >= 11 is 0. The summed E-state index contributed by atoms with van der Waals surface area (Å²) in [5.41, 5.74) is 5.12. The van der Waals surface area contributed by atoms with Crippen LogP contribution in [0.25, 0.3) is 21.9 Å². The van der Waals surface area contributed by atoms with Gasteiger partial charge in [-0.1, -0.05) is 71.0 Å². The highest BCUT2D eigenvalue weighted by Gasteiger charge is 2.17. The molecule has 1 heteroatoms. The number of ether oxygens (including phenoxy) is 1. The lowest BCUT2D eigenvalue weighted by Crippen LogP contribution is -2.11. The monoisotopic (exact) mass is 334 g/mol. The third-order valence-corrected chi connectivity index (χ3v) is 4.45. The van der Waals surface area contributed by atoms with Crippen LogP contribution in [0.3, 0.4) is 0 Å². The van der Waals surface area contributed by atoms with E-state index in [0.717, 1.165) is 5.75 Å². The highest BCUT2D eigenvalue weighted by molar-refractivity contribution is 5.90. The van der Waals surface area contributed by atoms with Gasteiger partial charge in [0.05, 0.1) is 7.11 Å². The molecule has 1 nitrogen and oxygen atoms in total. The van der Waals surface area contributed by atoms with Crippen LogP contribution in [0.5, 0.6) is 5.75 Å². The van der Waals surface area contributed by atoms with Crippen molar-refractivity contribution in [1.82, 2.24) is 0 Å². The maximum Gasteiger partial charge on any atom is 0.126 e. The Morgan fingerprint density at radius 3 is 1.92 bits per heavy atom. The van der Waals surface area contributed by atoms with Gasteiger partial charge >= 0.3 is 0 Å². The van der Waals surface area contributed by atoms with Crippen LogP contribution >= 0.6 is 0 Å². The zero-order valence-corrected chi connectivity index (χ0v) is 16.6. The number of rotatable bonds is 2. The summed E-state index contributed by atoms with van der Waals surface area (Å²) in [4.78, 5) is 0. The fourth-order valence-electron chi connectivity index (χ4n) is 3.03. The van der Waals surface area contributed by atoms with E-state index in [1.165, 1.54) is 33.0 Å². The Bertz CT molecular complexity index is 854. The number of aryl methyl sites for hydroxylation is 1. The molecule has 0 spiro atoms. The van der Waals surface area contributed by atoms with Gasteiger partial charge in [0, 0.05) is 5.56 Å². The molecule has 0 aliphatic heterocycles. The summed E-state index contributed by atoms with van der Waals surface area (Å²) in [5, 5.41) is 2.54. The topological polar surface area (TPSA) is 9.23 Å². The van der Waals surface area contributed by atoms with Gasteiger partial charge in [-0.3, -0.25) is 0 Å². The molecule has 0 bridgehead atoms. The van der Waals surface area contributed by atoms with E-state index >= 15 is 0 Å². The van der Waals surface area contributed by atoms with Crippen LogP contribution in [0.15, 0.2) is 54.6 Å². The third-order valence-electron chi connectivity index (χ3n) is 4.45. The smallest absolute Gasteiger partial charge is 0.126 e. The fraction of sp³-hybridized carbons (Fsp3) is 0.333. The lowest BCUT2D eigenvalue weighted by Gasteiger charge is -2.22. The number of hydrogen-bond acceptors (Lipinski definition) is 1. The number of fused-ring (bicyclic) bond motifs is 1. The van der Waals surface area contributed by atoms with Crippen LogP contribution < -0.4 is 4.74 Å². The number of methoxy groups -OCH3 is 1. The minimum atomic E-state index is 0.117. The average Bonchev–Trinajstić information content (AvgIpc) is 2.61. The predicted octanol–water partition coefficient (Wildman–Crippen LogP) is 7.15. The Labute approximate surface area is 152 Å². The molecule has 0 heterocycles. The fourth-order valence-corrected chi connectivity index (χ4v) is 3.03. The largest absolute Gasteiger partial charge is 0.496 e. The van der Waals surface area contributed by atoms with E-state index in [0.29, 0.717) is 0 Å². The average molecular weight is 335 g/mol. The predicted molar refractivity (Wildman–Crippen MR) is 111 cm³/mol. The van der Waals surface area contributed by atoms with E-state index in [1.807, 2.05) is 13.8 Å². The molecule has 132 valence electrons. The van der Waals surface area contributed by atoms with Crippen LogP contribution in [0.1, 0.15) is 45.7 Å². The first-order valence-corrected chi connectivity index (χ1v) is 9.08. The summed E-state index contributed by atoms with van der Waals surface area (Å²) in [7, 11) is 1.74. The molecule has 3 aromatic carbocycles. The Morgan fingerprint density at radius 1 is 0.760 bits per heavy atom. The maximum absolute atomic E-state index is 5.63. The van der Waals surface area contributed by atoms with Gasteiger partial charge in [-0.05, 0) is 58.0 Å². The summed E-state index contributed by atoms with van der Waals surface area (Å²) in [6.45, 7) is 12.9. The second-order valence-electron chi connectivity index (χ2n) is 7.18. The first-order chi connectivity index (χ1) is 11.9. The Balaban J connectivity index is 0.00000109. The molecule has 25 heavy (non-hydrogen) atoms. The lowest BCUT2D eigenvalue weighted by atomic mass is 9.84. The molecule has 0 aliphatic rings. The van der Waals surface area contributed by atoms with Gasteiger partial charge in [-0.2, -0.15) is 0 Å². The van der Waals surface area contributed by atoms with Crippen molar-refractivity contribution < 1.29 is 4.74 Å². The molecule has 0 saturated heterocycles. The van der Waals surface area contributed by atoms with Gasteiger partial charge in [0.2, 0.25) is 0 Å². The van der Waals surface area contributed by atoms with Crippen molar-refractivity contribution in [2.45, 2.75) is 47.0 Å². The minimum Gasteiger partial charge on any atom is -0.496 e. The van der Waals surface area contributed by atoms with Crippen molar-refractivity contribution in [3.05, 3.63) is 65.7 Å². The molecule has 0 N–H and O–H groups in total. The zero-order chi connectivity index (χ0) is 18.6. The Kier molecular flexibility index (Phi) is 5.89. The highest BCUT2D eigenvalue weighted by atomic mass is 16.5. The van der Waals surface area contributed by atoms with E-state index in [9.17, 15) is 0 Å². The molecule has 0 radical (unpaired) electrons. The van der Waals surface area contributed by atoms with Gasteiger partial charge in [-0.25, -0.2) is 0 Å². The lowest BCUT2D eigenvalue weighted by molar-refractivity contribution is 0.416. The molecule has 0 fully saturated rings. The van der Waals surface area contributed by atoms with Gasteiger partial charge in [0.15, 0.2) is 0 Å². The van der Waals surface area contributed by atoms with Crippen LogP contribution in [0, 0.1) is 6.92 Å². The van der Waals surface area contributed by atoms with Crippen LogP contribution in [0.2, 0.25) is 0 Å². The minimum absolute atomic E-state index is 0.117. The number of benzene rings is 3. The van der Waals surface area contributed by atoms with Gasteiger partial charge in [0.25, 0.3) is 0 Å². The van der Waals surface area contributed by atoms with E-state index in [2.05, 4.69) is 82.3 Å². The quantitative estimate of drug-likeness (QED) is 0.483. The Morgan fingerprint density at radius 2 is 1.36 bits per heavy atom. The standard InChI is InChI=1S/C22H24O.C2H6/c1-15-12-16-8-6-7-9-17(16)13-19(15)20-14-18(22(2,3)4)10-11-21(20)23-5;1-2/h6-14H,1-5H3;1-2H3. The second-order valence-corrected chi connectivity index (χ2v) is 7.18. The van der Waals surface area contributed by atoms with Gasteiger partial charge < -0.3 is 4.74 Å². The Hall–Kier alpha value is -2.28. The van der Waals surface area contributed by atoms with Crippen LogP contribution in [-0.2, 0) is 5.41 Å². The summed E-state index contributed by atoms with van der Waals surface area (Å²) < 4.78 is 5.63. The first kappa shape index (κ1) is 19.1. The molecular formula is C24H30O. The first-order valence-electron chi connectivity index (χ1n) is 9.08. The van der Waals surface area contributed by atoms with Crippen LogP contribution in [-0.4, -0.2) is 7.11 Å². The third kappa shape index (κ3) is 4.04. The zero-order valence-electron chi connectivity index (χ0n) is 16.6. The molecule has 0 saturated carbocycles. The molecule has 0 aromatic heterocycles.